The third kappa shape index (κ3) is 5.41. The zero-order valence-electron chi connectivity index (χ0n) is 21.3. The van der Waals surface area contributed by atoms with E-state index in [1.165, 1.54) is 24.8 Å². The Morgan fingerprint density at radius 2 is 1.86 bits per heavy atom. The highest BCUT2D eigenvalue weighted by molar-refractivity contribution is 7.89. The van der Waals surface area contributed by atoms with Crippen LogP contribution in [0.2, 0.25) is 0 Å². The Balaban J connectivity index is 1.23. The van der Waals surface area contributed by atoms with Crippen molar-refractivity contribution in [3.63, 3.8) is 0 Å². The van der Waals surface area contributed by atoms with Crippen LogP contribution in [0.5, 0.6) is 5.75 Å². The fourth-order valence-electron chi connectivity index (χ4n) is 5.63. The lowest BCUT2D eigenvalue weighted by molar-refractivity contribution is -0.114. The number of amides is 1. The van der Waals surface area contributed by atoms with Crippen LogP contribution in [0.4, 0.5) is 5.69 Å². The molecule has 4 unspecified atom stereocenters. The number of hydrogen-bond acceptors (Lipinski definition) is 6. The molecule has 2 bridgehead atoms. The van der Waals surface area contributed by atoms with Gasteiger partial charge in [-0.2, -0.15) is 5.10 Å². The third-order valence-corrected chi connectivity index (χ3v) is 8.99. The van der Waals surface area contributed by atoms with Gasteiger partial charge in [0.05, 0.1) is 17.7 Å². The molecule has 0 saturated carbocycles. The molecule has 3 aliphatic rings. The number of hydrogen-bond donors (Lipinski definition) is 2. The average Bonchev–Trinajstić information content (AvgIpc) is 3.29. The molecule has 3 aliphatic heterocycles. The first kappa shape index (κ1) is 25.4. The topological polar surface area (TPSA) is 106 Å². The molecular formula is C27H33N5O4S. The summed E-state index contributed by atoms with van der Waals surface area (Å²) in [5.74, 6) is 1.47. The largest absolute Gasteiger partial charge is 0.497 e. The van der Waals surface area contributed by atoms with Crippen molar-refractivity contribution in [1.82, 2.24) is 19.4 Å². The van der Waals surface area contributed by atoms with Crippen LogP contribution in [-0.4, -0.2) is 61.8 Å². The molecule has 4 atom stereocenters. The number of ether oxygens (including phenoxy) is 1. The molecule has 6 rings (SSSR count). The quantitative estimate of drug-likeness (QED) is 0.470. The molecule has 3 aromatic rings. The molecule has 4 heterocycles. The number of nitrogens with one attached hydrogen (secondary N) is 2. The second-order valence-corrected chi connectivity index (χ2v) is 11.7. The van der Waals surface area contributed by atoms with Gasteiger partial charge in [0.15, 0.2) is 0 Å². The smallest absolute Gasteiger partial charge is 0.240 e. The van der Waals surface area contributed by atoms with Crippen molar-refractivity contribution in [2.45, 2.75) is 36.6 Å². The van der Waals surface area contributed by atoms with Crippen molar-refractivity contribution in [3.05, 3.63) is 60.3 Å². The lowest BCUT2D eigenvalue weighted by Crippen LogP contribution is -2.56. The van der Waals surface area contributed by atoms with Crippen molar-refractivity contribution in [1.29, 1.82) is 0 Å². The van der Waals surface area contributed by atoms with Crippen LogP contribution in [0.3, 0.4) is 0 Å². The lowest BCUT2D eigenvalue weighted by Gasteiger charge is -2.49. The van der Waals surface area contributed by atoms with Crippen LogP contribution in [0.1, 0.15) is 31.4 Å². The van der Waals surface area contributed by atoms with Crippen LogP contribution in [-0.2, 0) is 21.9 Å². The second kappa shape index (κ2) is 10.3. The number of benzene rings is 2. The SMILES string of the molecule is COc1ccc(-c2cc(C3CN4CCC3CC4CNS(=O)(=O)c3ccc(NC(C)=O)cc3)n(C)n2)cc1. The van der Waals surface area contributed by atoms with E-state index in [1.807, 2.05) is 36.0 Å². The minimum atomic E-state index is -3.64. The molecule has 2 N–H and O–H groups in total. The number of rotatable bonds is 8. The van der Waals surface area contributed by atoms with E-state index >= 15 is 0 Å². The summed E-state index contributed by atoms with van der Waals surface area (Å²) in [6, 6.07) is 16.5. The van der Waals surface area contributed by atoms with Crippen molar-refractivity contribution in [3.8, 4) is 17.0 Å². The summed E-state index contributed by atoms with van der Waals surface area (Å²) < 4.78 is 35.8. The molecule has 3 fully saturated rings. The maximum absolute atomic E-state index is 12.9. The molecule has 3 saturated heterocycles. The van der Waals surface area contributed by atoms with Gasteiger partial charge in [-0.25, -0.2) is 13.1 Å². The highest BCUT2D eigenvalue weighted by atomic mass is 32.2. The van der Waals surface area contributed by atoms with Crippen LogP contribution < -0.4 is 14.8 Å². The first-order chi connectivity index (χ1) is 17.7. The number of nitrogens with zero attached hydrogens (tertiary/aromatic N) is 3. The Labute approximate surface area is 217 Å². The number of sulfonamides is 1. The molecule has 0 radical (unpaired) electrons. The van der Waals surface area contributed by atoms with Crippen LogP contribution in [0.15, 0.2) is 59.5 Å². The van der Waals surface area contributed by atoms with Gasteiger partial charge in [-0.3, -0.25) is 14.4 Å². The van der Waals surface area contributed by atoms with Crippen LogP contribution in [0.25, 0.3) is 11.3 Å². The molecule has 0 aliphatic carbocycles. The highest BCUT2D eigenvalue weighted by Gasteiger charge is 2.42. The highest BCUT2D eigenvalue weighted by Crippen LogP contribution is 2.42. The van der Waals surface area contributed by atoms with Gasteiger partial charge in [0, 0.05) is 56.0 Å². The molecule has 37 heavy (non-hydrogen) atoms. The van der Waals surface area contributed by atoms with Crippen molar-refractivity contribution < 1.29 is 17.9 Å². The average molecular weight is 524 g/mol. The van der Waals surface area contributed by atoms with Crippen LogP contribution in [0, 0.1) is 5.92 Å². The summed E-state index contributed by atoms with van der Waals surface area (Å²) in [6.07, 6.45) is 2.04. The minimum absolute atomic E-state index is 0.165. The van der Waals surface area contributed by atoms with Gasteiger partial charge in [-0.1, -0.05) is 0 Å². The molecule has 196 valence electrons. The number of methoxy groups -OCH3 is 1. The molecular weight excluding hydrogens is 490 g/mol. The first-order valence-electron chi connectivity index (χ1n) is 12.5. The van der Waals surface area contributed by atoms with Crippen molar-refractivity contribution >= 4 is 21.6 Å². The van der Waals surface area contributed by atoms with Gasteiger partial charge >= 0.3 is 0 Å². The zero-order chi connectivity index (χ0) is 26.2. The predicted molar refractivity (Wildman–Crippen MR) is 142 cm³/mol. The van der Waals surface area contributed by atoms with E-state index in [-0.39, 0.29) is 16.8 Å². The van der Waals surface area contributed by atoms with Gasteiger partial charge in [-0.05, 0) is 79.9 Å². The Hall–Kier alpha value is -3.21. The maximum Gasteiger partial charge on any atom is 0.240 e. The van der Waals surface area contributed by atoms with E-state index in [4.69, 9.17) is 9.84 Å². The summed E-state index contributed by atoms with van der Waals surface area (Å²) in [7, 11) is 0.0227. The van der Waals surface area contributed by atoms with Crippen molar-refractivity contribution in [2.24, 2.45) is 13.0 Å². The van der Waals surface area contributed by atoms with Crippen LogP contribution >= 0.6 is 0 Å². The molecule has 1 amide bonds. The van der Waals surface area contributed by atoms with E-state index in [1.54, 1.807) is 19.2 Å². The van der Waals surface area contributed by atoms with Gasteiger partial charge in [0.1, 0.15) is 5.75 Å². The third-order valence-electron chi connectivity index (χ3n) is 7.55. The number of carbonyl (C=O) groups is 1. The Bertz CT molecular complexity index is 1370. The molecule has 9 nitrogen and oxygen atoms in total. The fourth-order valence-corrected chi connectivity index (χ4v) is 6.70. The van der Waals surface area contributed by atoms with Crippen molar-refractivity contribution in [2.75, 3.05) is 32.1 Å². The van der Waals surface area contributed by atoms with E-state index in [0.29, 0.717) is 24.1 Å². The van der Waals surface area contributed by atoms with Gasteiger partial charge in [-0.15, -0.1) is 0 Å². The molecule has 10 heteroatoms. The predicted octanol–water partition coefficient (Wildman–Crippen LogP) is 3.21. The summed E-state index contributed by atoms with van der Waals surface area (Å²) >= 11 is 0. The zero-order valence-corrected chi connectivity index (χ0v) is 22.2. The Morgan fingerprint density at radius 1 is 1.14 bits per heavy atom. The normalized spacial score (nSPS) is 23.1. The van der Waals surface area contributed by atoms with Gasteiger partial charge < -0.3 is 10.1 Å². The van der Waals surface area contributed by atoms with E-state index in [0.717, 1.165) is 42.9 Å². The monoisotopic (exact) mass is 523 g/mol. The standard InChI is InChI=1S/C27H33N5O4S/c1-18(33)29-21-6-10-24(11-7-21)37(34,35)28-16-22-14-20-12-13-32(22)17-25(20)27-15-26(30-31(27)2)19-4-8-23(36-3)9-5-19/h4-11,15,20,22,25,28H,12-14,16-17H2,1-3H3,(H,29,33). The number of aryl methyl sites for hydroxylation is 1. The molecule has 2 aromatic carbocycles. The van der Waals surface area contributed by atoms with E-state index < -0.39 is 10.0 Å². The lowest BCUT2D eigenvalue weighted by atomic mass is 9.74. The fraction of sp³-hybridized carbons (Fsp3) is 0.407. The second-order valence-electron chi connectivity index (χ2n) is 9.90. The van der Waals surface area contributed by atoms with Gasteiger partial charge in [0.25, 0.3) is 0 Å². The maximum atomic E-state index is 12.9. The number of piperidine rings is 3. The number of carbonyl (C=O) groups excluding carboxylic acids is 1. The van der Waals surface area contributed by atoms with Gasteiger partial charge in [0.2, 0.25) is 15.9 Å². The summed E-state index contributed by atoms with van der Waals surface area (Å²) in [4.78, 5) is 13.8. The van der Waals surface area contributed by atoms with E-state index in [9.17, 15) is 13.2 Å². The summed E-state index contributed by atoms with van der Waals surface area (Å²) in [6.45, 7) is 3.66. The molecule has 1 aromatic heterocycles. The summed E-state index contributed by atoms with van der Waals surface area (Å²) in [5.41, 5.74) is 3.80. The summed E-state index contributed by atoms with van der Waals surface area (Å²) in [5, 5.41) is 7.43. The minimum Gasteiger partial charge on any atom is -0.497 e. The first-order valence-corrected chi connectivity index (χ1v) is 14.0. The number of fused-ring (bicyclic) bond motifs is 3. The van der Waals surface area contributed by atoms with E-state index in [2.05, 4.69) is 21.0 Å². The molecule has 0 spiro atoms. The number of anilines is 1. The Morgan fingerprint density at radius 3 is 2.49 bits per heavy atom. The Kier molecular flexibility index (Phi) is 7.06. The number of aromatic nitrogens is 2.